The van der Waals surface area contributed by atoms with Gasteiger partial charge in [-0.05, 0) is 25.7 Å². The molecule has 1 aliphatic carbocycles. The van der Waals surface area contributed by atoms with E-state index in [-0.39, 0.29) is 31.1 Å². The van der Waals surface area contributed by atoms with Gasteiger partial charge in [0.15, 0.2) is 0 Å². The van der Waals surface area contributed by atoms with E-state index in [1.807, 2.05) is 4.90 Å². The molecule has 0 bridgehead atoms. The first-order valence-electron chi connectivity index (χ1n) is 9.00. The average Bonchev–Trinajstić information content (AvgIpc) is 3.09. The van der Waals surface area contributed by atoms with Crippen LogP contribution in [-0.4, -0.2) is 73.2 Å². The Hall–Kier alpha value is -1.14. The monoisotopic (exact) mass is 324 g/mol. The lowest BCUT2D eigenvalue weighted by Crippen LogP contribution is -2.56. The summed E-state index contributed by atoms with van der Waals surface area (Å²) in [5, 5.41) is 0. The summed E-state index contributed by atoms with van der Waals surface area (Å²) in [5.41, 5.74) is 0. The van der Waals surface area contributed by atoms with Gasteiger partial charge in [-0.15, -0.1) is 0 Å². The van der Waals surface area contributed by atoms with Crippen LogP contribution in [0.5, 0.6) is 0 Å². The zero-order valence-corrected chi connectivity index (χ0v) is 13.9. The SMILES string of the molecule is O=C(COC[C@H]1CCCO1)N1CCN(C2CCCCC2)C(=O)C1. The summed E-state index contributed by atoms with van der Waals surface area (Å²) in [6, 6.07) is 0.393. The van der Waals surface area contributed by atoms with E-state index in [1.165, 1.54) is 19.3 Å². The molecule has 0 aromatic rings. The second kappa shape index (κ2) is 8.11. The first-order valence-corrected chi connectivity index (χ1v) is 9.00. The number of piperazine rings is 1. The predicted molar refractivity (Wildman–Crippen MR) is 85.0 cm³/mol. The minimum atomic E-state index is -0.0837. The van der Waals surface area contributed by atoms with Crippen LogP contribution in [0.3, 0.4) is 0 Å². The molecule has 0 unspecified atom stereocenters. The molecule has 0 aromatic carbocycles. The number of carbonyl (C=O) groups excluding carboxylic acids is 2. The largest absolute Gasteiger partial charge is 0.376 e. The topological polar surface area (TPSA) is 59.1 Å². The molecule has 2 saturated heterocycles. The van der Waals surface area contributed by atoms with Crippen LogP contribution >= 0.6 is 0 Å². The van der Waals surface area contributed by atoms with Crippen LogP contribution in [0.4, 0.5) is 0 Å². The molecule has 1 atom stereocenters. The Kier molecular flexibility index (Phi) is 5.89. The van der Waals surface area contributed by atoms with Crippen LogP contribution in [0.25, 0.3) is 0 Å². The van der Waals surface area contributed by atoms with E-state index in [2.05, 4.69) is 0 Å². The van der Waals surface area contributed by atoms with E-state index < -0.39 is 0 Å². The Morgan fingerprint density at radius 2 is 1.96 bits per heavy atom. The van der Waals surface area contributed by atoms with Crippen molar-refractivity contribution in [2.75, 3.05) is 39.5 Å². The lowest BCUT2D eigenvalue weighted by Gasteiger charge is -2.40. The molecular weight excluding hydrogens is 296 g/mol. The second-order valence-electron chi connectivity index (χ2n) is 6.84. The van der Waals surface area contributed by atoms with Crippen molar-refractivity contribution >= 4 is 11.8 Å². The Balaban J connectivity index is 1.39. The maximum Gasteiger partial charge on any atom is 0.249 e. The zero-order chi connectivity index (χ0) is 16.1. The van der Waals surface area contributed by atoms with Crippen molar-refractivity contribution in [2.24, 2.45) is 0 Å². The molecule has 130 valence electrons. The zero-order valence-electron chi connectivity index (χ0n) is 13.9. The second-order valence-corrected chi connectivity index (χ2v) is 6.84. The number of carbonyl (C=O) groups is 2. The van der Waals surface area contributed by atoms with Gasteiger partial charge in [0.1, 0.15) is 6.61 Å². The van der Waals surface area contributed by atoms with Crippen molar-refractivity contribution in [1.82, 2.24) is 9.80 Å². The Morgan fingerprint density at radius 3 is 2.65 bits per heavy atom. The summed E-state index contributed by atoms with van der Waals surface area (Å²) in [5.74, 6) is 0.00951. The van der Waals surface area contributed by atoms with Gasteiger partial charge in [0, 0.05) is 25.7 Å². The van der Waals surface area contributed by atoms with Crippen molar-refractivity contribution < 1.29 is 19.1 Å². The van der Waals surface area contributed by atoms with Gasteiger partial charge in [0.2, 0.25) is 11.8 Å². The van der Waals surface area contributed by atoms with Crippen molar-refractivity contribution in [3.05, 3.63) is 0 Å². The van der Waals surface area contributed by atoms with Crippen molar-refractivity contribution in [3.8, 4) is 0 Å². The lowest BCUT2D eigenvalue weighted by molar-refractivity contribution is -0.150. The smallest absolute Gasteiger partial charge is 0.249 e. The molecule has 3 fully saturated rings. The van der Waals surface area contributed by atoms with Gasteiger partial charge in [-0.25, -0.2) is 0 Å². The minimum absolute atomic E-state index is 0.0522. The number of amides is 2. The minimum Gasteiger partial charge on any atom is -0.376 e. The molecule has 0 spiro atoms. The molecule has 23 heavy (non-hydrogen) atoms. The van der Waals surface area contributed by atoms with Crippen LogP contribution < -0.4 is 0 Å². The van der Waals surface area contributed by atoms with Gasteiger partial charge in [-0.1, -0.05) is 19.3 Å². The van der Waals surface area contributed by atoms with E-state index >= 15 is 0 Å². The number of hydrogen-bond acceptors (Lipinski definition) is 4. The first-order chi connectivity index (χ1) is 11.2. The van der Waals surface area contributed by atoms with Crippen molar-refractivity contribution in [3.63, 3.8) is 0 Å². The van der Waals surface area contributed by atoms with Gasteiger partial charge in [-0.3, -0.25) is 9.59 Å². The highest BCUT2D eigenvalue weighted by Gasteiger charge is 2.32. The predicted octanol–water partition coefficient (Wildman–Crippen LogP) is 1.19. The maximum absolute atomic E-state index is 12.4. The van der Waals surface area contributed by atoms with Crippen molar-refractivity contribution in [1.29, 1.82) is 0 Å². The van der Waals surface area contributed by atoms with Crippen molar-refractivity contribution in [2.45, 2.75) is 57.1 Å². The van der Waals surface area contributed by atoms with E-state index in [1.54, 1.807) is 4.90 Å². The Bertz CT molecular complexity index is 417. The molecule has 2 amide bonds. The molecule has 0 radical (unpaired) electrons. The van der Waals surface area contributed by atoms with Gasteiger partial charge < -0.3 is 19.3 Å². The molecule has 6 nitrogen and oxygen atoms in total. The number of rotatable bonds is 5. The molecule has 6 heteroatoms. The van der Waals surface area contributed by atoms with Gasteiger partial charge in [0.25, 0.3) is 0 Å². The van der Waals surface area contributed by atoms with E-state index in [4.69, 9.17) is 9.47 Å². The van der Waals surface area contributed by atoms with E-state index in [0.717, 1.165) is 32.3 Å². The quantitative estimate of drug-likeness (QED) is 0.762. The Morgan fingerprint density at radius 1 is 1.13 bits per heavy atom. The third kappa shape index (κ3) is 4.44. The average molecular weight is 324 g/mol. The molecule has 1 saturated carbocycles. The fraction of sp³-hybridized carbons (Fsp3) is 0.882. The van der Waals surface area contributed by atoms with E-state index in [0.29, 0.717) is 25.7 Å². The lowest BCUT2D eigenvalue weighted by atomic mass is 9.93. The number of nitrogens with zero attached hydrogens (tertiary/aromatic N) is 2. The van der Waals surface area contributed by atoms with Gasteiger partial charge in [0.05, 0.1) is 19.3 Å². The molecule has 3 aliphatic rings. The molecule has 0 N–H and O–H groups in total. The molecule has 0 aromatic heterocycles. The summed E-state index contributed by atoms with van der Waals surface area (Å²) < 4.78 is 10.9. The maximum atomic E-state index is 12.4. The molecule has 2 heterocycles. The van der Waals surface area contributed by atoms with Crippen LogP contribution in [0, 0.1) is 0 Å². The number of ether oxygens (including phenoxy) is 2. The standard InChI is InChI=1S/C17H28N2O4/c20-16-11-18(8-9-19(16)14-5-2-1-3-6-14)17(21)13-22-12-15-7-4-10-23-15/h14-15H,1-13H2/t15-/m1/s1. The fourth-order valence-corrected chi connectivity index (χ4v) is 3.82. The van der Waals surface area contributed by atoms with Crippen LogP contribution in [0.15, 0.2) is 0 Å². The fourth-order valence-electron chi connectivity index (χ4n) is 3.82. The number of hydrogen-bond donors (Lipinski definition) is 0. The molecular formula is C17H28N2O4. The summed E-state index contributed by atoms with van der Waals surface area (Å²) in [6.07, 6.45) is 8.15. The summed E-state index contributed by atoms with van der Waals surface area (Å²) in [6.45, 7) is 2.82. The molecule has 3 rings (SSSR count). The van der Waals surface area contributed by atoms with Gasteiger partial charge >= 0.3 is 0 Å². The first kappa shape index (κ1) is 16.7. The highest BCUT2D eigenvalue weighted by Crippen LogP contribution is 2.24. The normalized spacial score (nSPS) is 26.8. The van der Waals surface area contributed by atoms with Crippen LogP contribution in [0.1, 0.15) is 44.9 Å². The summed E-state index contributed by atoms with van der Waals surface area (Å²) >= 11 is 0. The summed E-state index contributed by atoms with van der Waals surface area (Å²) in [4.78, 5) is 28.2. The third-order valence-electron chi connectivity index (χ3n) is 5.18. The Labute approximate surface area is 138 Å². The van der Waals surface area contributed by atoms with Crippen LogP contribution in [-0.2, 0) is 19.1 Å². The van der Waals surface area contributed by atoms with Gasteiger partial charge in [-0.2, -0.15) is 0 Å². The van der Waals surface area contributed by atoms with Crippen LogP contribution in [0.2, 0.25) is 0 Å². The van der Waals surface area contributed by atoms with E-state index in [9.17, 15) is 9.59 Å². The summed E-state index contributed by atoms with van der Waals surface area (Å²) in [7, 11) is 0. The third-order valence-corrected chi connectivity index (χ3v) is 5.18. The highest BCUT2D eigenvalue weighted by molar-refractivity contribution is 5.86. The molecule has 2 aliphatic heterocycles. The highest BCUT2D eigenvalue weighted by atomic mass is 16.5.